The first-order valence-electron chi connectivity index (χ1n) is 5.93. The van der Waals surface area contributed by atoms with Crippen LogP contribution in [0.15, 0.2) is 12.1 Å². The van der Waals surface area contributed by atoms with Crippen molar-refractivity contribution >= 4 is 0 Å². The van der Waals surface area contributed by atoms with Crippen LogP contribution >= 0.6 is 0 Å². The van der Waals surface area contributed by atoms with E-state index >= 15 is 0 Å². The van der Waals surface area contributed by atoms with E-state index in [1.54, 1.807) is 0 Å². The van der Waals surface area contributed by atoms with Crippen molar-refractivity contribution in [3.63, 3.8) is 0 Å². The van der Waals surface area contributed by atoms with E-state index in [0.717, 1.165) is 23.5 Å². The summed E-state index contributed by atoms with van der Waals surface area (Å²) >= 11 is 0. The highest BCUT2D eigenvalue weighted by molar-refractivity contribution is 5.50. The molecule has 0 amide bonds. The molecule has 2 nitrogen and oxygen atoms in total. The minimum Gasteiger partial charge on any atom is -0.491 e. The zero-order valence-corrected chi connectivity index (χ0v) is 11.1. The van der Waals surface area contributed by atoms with Crippen LogP contribution in [0, 0.1) is 25.7 Å². The first kappa shape index (κ1) is 13.6. The molecule has 0 aliphatic carbocycles. The van der Waals surface area contributed by atoms with E-state index in [0.29, 0.717) is 13.2 Å². The van der Waals surface area contributed by atoms with Crippen molar-refractivity contribution in [2.75, 3.05) is 19.8 Å². The van der Waals surface area contributed by atoms with E-state index in [9.17, 15) is 0 Å². The number of benzene rings is 1. The molecule has 0 aromatic heterocycles. The van der Waals surface area contributed by atoms with Gasteiger partial charge in [0, 0.05) is 17.7 Å². The lowest BCUT2D eigenvalue weighted by atomic mass is 10.0. The van der Waals surface area contributed by atoms with Crippen LogP contribution in [0.1, 0.15) is 30.5 Å². The lowest BCUT2D eigenvalue weighted by molar-refractivity contribution is 0.110. The van der Waals surface area contributed by atoms with Gasteiger partial charge >= 0.3 is 0 Å². The molecule has 0 radical (unpaired) electrons. The fourth-order valence-electron chi connectivity index (χ4n) is 1.59. The van der Waals surface area contributed by atoms with Crippen molar-refractivity contribution in [1.29, 1.82) is 0 Å². The number of rotatable bonds is 5. The minimum absolute atomic E-state index is 0.580. The third kappa shape index (κ3) is 4.13. The summed E-state index contributed by atoms with van der Waals surface area (Å²) in [6.07, 6.45) is 0. The third-order valence-corrected chi connectivity index (χ3v) is 2.45. The van der Waals surface area contributed by atoms with E-state index in [2.05, 4.69) is 24.8 Å². The van der Waals surface area contributed by atoms with Crippen LogP contribution in [-0.4, -0.2) is 19.8 Å². The van der Waals surface area contributed by atoms with Gasteiger partial charge in [-0.05, 0) is 45.4 Å². The Morgan fingerprint density at radius 2 is 1.94 bits per heavy atom. The van der Waals surface area contributed by atoms with Gasteiger partial charge in [0.2, 0.25) is 0 Å². The molecule has 0 saturated carbocycles. The Morgan fingerprint density at radius 1 is 1.18 bits per heavy atom. The van der Waals surface area contributed by atoms with Gasteiger partial charge in [-0.1, -0.05) is 5.92 Å². The van der Waals surface area contributed by atoms with Crippen LogP contribution in [-0.2, 0) is 4.74 Å². The van der Waals surface area contributed by atoms with E-state index in [1.807, 2.05) is 26.8 Å². The summed E-state index contributed by atoms with van der Waals surface area (Å²) in [5.74, 6) is 6.93. The predicted molar refractivity (Wildman–Crippen MR) is 70.5 cm³/mol. The van der Waals surface area contributed by atoms with Crippen LogP contribution in [0.4, 0.5) is 0 Å². The Morgan fingerprint density at radius 3 is 2.59 bits per heavy atom. The summed E-state index contributed by atoms with van der Waals surface area (Å²) in [6.45, 7) is 9.84. The topological polar surface area (TPSA) is 18.5 Å². The summed E-state index contributed by atoms with van der Waals surface area (Å²) in [6, 6.07) is 4.13. The second-order valence-electron chi connectivity index (χ2n) is 3.86. The first-order chi connectivity index (χ1) is 8.19. The van der Waals surface area contributed by atoms with Gasteiger partial charge in [-0.3, -0.25) is 0 Å². The smallest absolute Gasteiger partial charge is 0.123 e. The Bertz CT molecular complexity index is 425. The maximum absolute atomic E-state index is 5.71. The molecule has 0 aliphatic rings. The summed E-state index contributed by atoms with van der Waals surface area (Å²) < 4.78 is 11.0. The molecule has 17 heavy (non-hydrogen) atoms. The maximum atomic E-state index is 5.71. The zero-order valence-electron chi connectivity index (χ0n) is 11.1. The summed E-state index contributed by atoms with van der Waals surface area (Å²) in [4.78, 5) is 0. The van der Waals surface area contributed by atoms with Gasteiger partial charge < -0.3 is 9.47 Å². The molecular weight excluding hydrogens is 212 g/mol. The average Bonchev–Trinajstić information content (AvgIpc) is 2.30. The van der Waals surface area contributed by atoms with Crippen LogP contribution in [0.25, 0.3) is 0 Å². The number of hydrogen-bond acceptors (Lipinski definition) is 2. The molecule has 0 unspecified atom stereocenters. The second kappa shape index (κ2) is 6.98. The quantitative estimate of drug-likeness (QED) is 0.573. The van der Waals surface area contributed by atoms with Gasteiger partial charge in [0.05, 0.1) is 6.61 Å². The Kier molecular flexibility index (Phi) is 5.59. The van der Waals surface area contributed by atoms with Crippen LogP contribution < -0.4 is 4.74 Å². The molecule has 1 rings (SSSR count). The molecule has 0 bridgehead atoms. The maximum Gasteiger partial charge on any atom is 0.123 e. The molecule has 0 spiro atoms. The molecule has 92 valence electrons. The molecule has 0 fully saturated rings. The summed E-state index contributed by atoms with van der Waals surface area (Å²) in [5, 5.41) is 0. The SMILES string of the molecule is CC#Cc1cc(C)cc(OCCOCC)c1C. The van der Waals surface area contributed by atoms with Gasteiger partial charge in [0.1, 0.15) is 12.4 Å². The average molecular weight is 232 g/mol. The standard InChI is InChI=1S/C15H20O2/c1-5-7-14-10-12(3)11-15(13(14)4)17-9-8-16-6-2/h10-11H,6,8-9H2,1-4H3. The van der Waals surface area contributed by atoms with Gasteiger partial charge in [-0.2, -0.15) is 0 Å². The fraction of sp³-hybridized carbons (Fsp3) is 0.467. The van der Waals surface area contributed by atoms with E-state index in [4.69, 9.17) is 9.47 Å². The van der Waals surface area contributed by atoms with E-state index < -0.39 is 0 Å². The van der Waals surface area contributed by atoms with Crippen molar-refractivity contribution in [3.8, 4) is 17.6 Å². The van der Waals surface area contributed by atoms with E-state index in [1.165, 1.54) is 5.56 Å². The Balaban J connectivity index is 2.79. The van der Waals surface area contributed by atoms with Gasteiger partial charge in [-0.15, -0.1) is 5.92 Å². The molecule has 0 saturated heterocycles. The third-order valence-electron chi connectivity index (χ3n) is 2.45. The lowest BCUT2D eigenvalue weighted by Crippen LogP contribution is -2.07. The Labute approximate surface area is 104 Å². The lowest BCUT2D eigenvalue weighted by Gasteiger charge is -2.11. The minimum atomic E-state index is 0.580. The van der Waals surface area contributed by atoms with Crippen LogP contribution in [0.5, 0.6) is 5.75 Å². The molecule has 1 aromatic carbocycles. The van der Waals surface area contributed by atoms with Crippen molar-refractivity contribution in [3.05, 3.63) is 28.8 Å². The highest BCUT2D eigenvalue weighted by Crippen LogP contribution is 2.23. The molecular formula is C15H20O2. The van der Waals surface area contributed by atoms with Crippen molar-refractivity contribution in [2.24, 2.45) is 0 Å². The number of hydrogen-bond donors (Lipinski definition) is 0. The molecule has 2 heteroatoms. The Hall–Kier alpha value is -1.46. The molecule has 0 N–H and O–H groups in total. The van der Waals surface area contributed by atoms with E-state index in [-0.39, 0.29) is 0 Å². The normalized spacial score (nSPS) is 9.65. The van der Waals surface area contributed by atoms with Crippen molar-refractivity contribution in [1.82, 2.24) is 0 Å². The molecule has 0 atom stereocenters. The van der Waals surface area contributed by atoms with Gasteiger partial charge in [0.25, 0.3) is 0 Å². The summed E-state index contributed by atoms with van der Waals surface area (Å²) in [7, 11) is 0. The zero-order chi connectivity index (χ0) is 12.7. The largest absolute Gasteiger partial charge is 0.491 e. The fourth-order valence-corrected chi connectivity index (χ4v) is 1.59. The van der Waals surface area contributed by atoms with Crippen molar-refractivity contribution < 1.29 is 9.47 Å². The highest BCUT2D eigenvalue weighted by atomic mass is 16.5. The number of aryl methyl sites for hydroxylation is 1. The molecule has 1 aromatic rings. The van der Waals surface area contributed by atoms with Crippen LogP contribution in [0.2, 0.25) is 0 Å². The highest BCUT2D eigenvalue weighted by Gasteiger charge is 2.05. The number of ether oxygens (including phenoxy) is 2. The second-order valence-corrected chi connectivity index (χ2v) is 3.86. The van der Waals surface area contributed by atoms with Crippen LogP contribution in [0.3, 0.4) is 0 Å². The monoisotopic (exact) mass is 232 g/mol. The first-order valence-corrected chi connectivity index (χ1v) is 5.93. The van der Waals surface area contributed by atoms with Crippen molar-refractivity contribution in [2.45, 2.75) is 27.7 Å². The van der Waals surface area contributed by atoms with Gasteiger partial charge in [0.15, 0.2) is 0 Å². The predicted octanol–water partition coefficient (Wildman–Crippen LogP) is 3.09. The molecule has 0 heterocycles. The molecule has 0 aliphatic heterocycles. The van der Waals surface area contributed by atoms with Gasteiger partial charge in [-0.25, -0.2) is 0 Å². The summed E-state index contributed by atoms with van der Waals surface area (Å²) in [5.41, 5.74) is 3.31.